The van der Waals surface area contributed by atoms with E-state index in [2.05, 4.69) is 15.0 Å². The van der Waals surface area contributed by atoms with Crippen LogP contribution < -0.4 is 15.8 Å². The fraction of sp³-hybridized carbons (Fsp3) is 0.533. The molecule has 0 radical (unpaired) electrons. The summed E-state index contributed by atoms with van der Waals surface area (Å²) in [4.78, 5) is 4.24. The summed E-state index contributed by atoms with van der Waals surface area (Å²) in [6, 6.07) is 5.26. The number of hydrogen-bond acceptors (Lipinski definition) is 3. The second kappa shape index (κ2) is 8.05. The molecule has 0 saturated heterocycles. The average Bonchev–Trinajstić information content (AvgIpc) is 2.44. The molecule has 0 fully saturated rings. The van der Waals surface area contributed by atoms with Crippen molar-refractivity contribution in [2.45, 2.75) is 26.6 Å². The third-order valence-electron chi connectivity index (χ3n) is 3.02. The molecule has 8 heteroatoms. The molecule has 5 nitrogen and oxygen atoms in total. The normalized spacial score (nSPS) is 13.0. The number of halogens is 3. The van der Waals surface area contributed by atoms with Crippen LogP contribution in [0.2, 0.25) is 0 Å². The summed E-state index contributed by atoms with van der Waals surface area (Å²) in [6.07, 6.45) is -3.87. The minimum absolute atomic E-state index is 0.0628. The maximum atomic E-state index is 12.1. The van der Waals surface area contributed by atoms with E-state index in [-0.39, 0.29) is 17.1 Å². The molecule has 0 unspecified atom stereocenters. The zero-order valence-electron chi connectivity index (χ0n) is 13.4. The first-order valence-electron chi connectivity index (χ1n) is 7.03. The number of aliphatic imine (C=N–C) groups is 1. The molecular weight excluding hydrogens is 311 g/mol. The second-order valence-corrected chi connectivity index (χ2v) is 5.81. The van der Waals surface area contributed by atoms with Crippen molar-refractivity contribution >= 4 is 11.6 Å². The Morgan fingerprint density at radius 2 is 1.83 bits per heavy atom. The molecule has 0 bridgehead atoms. The van der Waals surface area contributed by atoms with Crippen LogP contribution in [0, 0.1) is 5.41 Å². The van der Waals surface area contributed by atoms with Gasteiger partial charge in [0.1, 0.15) is 5.75 Å². The third kappa shape index (κ3) is 8.29. The number of ether oxygens (including phenoxy) is 2. The summed E-state index contributed by atoms with van der Waals surface area (Å²) in [7, 11) is 1.64. The first-order chi connectivity index (χ1) is 10.6. The van der Waals surface area contributed by atoms with E-state index >= 15 is 0 Å². The van der Waals surface area contributed by atoms with Crippen LogP contribution >= 0.6 is 0 Å². The van der Waals surface area contributed by atoms with E-state index < -0.39 is 6.36 Å². The van der Waals surface area contributed by atoms with Crippen molar-refractivity contribution in [3.63, 3.8) is 0 Å². The van der Waals surface area contributed by atoms with Crippen molar-refractivity contribution in [2.24, 2.45) is 16.1 Å². The predicted molar refractivity (Wildman–Crippen MR) is 83.5 cm³/mol. The van der Waals surface area contributed by atoms with Gasteiger partial charge in [0.05, 0.1) is 0 Å². The van der Waals surface area contributed by atoms with Crippen LogP contribution in [0.25, 0.3) is 0 Å². The van der Waals surface area contributed by atoms with Crippen LogP contribution in [0.5, 0.6) is 5.75 Å². The number of benzene rings is 1. The average molecular weight is 333 g/mol. The summed E-state index contributed by atoms with van der Waals surface area (Å²) in [5.74, 6) is -0.0979. The van der Waals surface area contributed by atoms with E-state index in [4.69, 9.17) is 10.5 Å². The number of methoxy groups -OCH3 is 1. The topological polar surface area (TPSA) is 68.9 Å². The molecule has 1 rings (SSSR count). The SMILES string of the molecule is COCCC(C)(C)CN=C(N)Nc1ccc(OC(F)(F)F)cc1. The highest BCUT2D eigenvalue weighted by Crippen LogP contribution is 2.24. The Hall–Kier alpha value is -1.96. The molecule has 0 saturated carbocycles. The highest BCUT2D eigenvalue weighted by molar-refractivity contribution is 5.92. The fourth-order valence-corrected chi connectivity index (χ4v) is 1.68. The van der Waals surface area contributed by atoms with Crippen molar-refractivity contribution in [1.82, 2.24) is 0 Å². The van der Waals surface area contributed by atoms with E-state index in [0.717, 1.165) is 6.42 Å². The van der Waals surface area contributed by atoms with Gasteiger partial charge in [0, 0.05) is 25.9 Å². The zero-order chi connectivity index (χ0) is 17.5. The number of rotatable bonds is 7. The maximum Gasteiger partial charge on any atom is 0.573 e. The van der Waals surface area contributed by atoms with E-state index in [1.54, 1.807) is 7.11 Å². The Bertz CT molecular complexity index is 514. The number of alkyl halides is 3. The molecule has 0 aromatic heterocycles. The van der Waals surface area contributed by atoms with E-state index in [1.165, 1.54) is 24.3 Å². The molecule has 0 aliphatic rings. The fourth-order valence-electron chi connectivity index (χ4n) is 1.68. The molecule has 1 aromatic carbocycles. The van der Waals surface area contributed by atoms with Gasteiger partial charge < -0.3 is 20.5 Å². The minimum Gasteiger partial charge on any atom is -0.406 e. The Kier molecular flexibility index (Phi) is 6.68. The lowest BCUT2D eigenvalue weighted by molar-refractivity contribution is -0.274. The van der Waals surface area contributed by atoms with Crippen LogP contribution in [0.3, 0.4) is 0 Å². The second-order valence-electron chi connectivity index (χ2n) is 5.81. The first kappa shape index (κ1) is 19.1. The molecule has 0 heterocycles. The quantitative estimate of drug-likeness (QED) is 0.593. The van der Waals surface area contributed by atoms with Crippen molar-refractivity contribution in [1.29, 1.82) is 0 Å². The van der Waals surface area contributed by atoms with Crippen molar-refractivity contribution in [2.75, 3.05) is 25.6 Å². The molecule has 130 valence electrons. The number of hydrogen-bond donors (Lipinski definition) is 2. The number of anilines is 1. The third-order valence-corrected chi connectivity index (χ3v) is 3.02. The Balaban J connectivity index is 2.56. The van der Waals surface area contributed by atoms with Crippen molar-refractivity contribution in [3.05, 3.63) is 24.3 Å². The molecule has 0 amide bonds. The van der Waals surface area contributed by atoms with Gasteiger partial charge in [-0.15, -0.1) is 13.2 Å². The van der Waals surface area contributed by atoms with Crippen LogP contribution in [-0.2, 0) is 4.74 Å². The smallest absolute Gasteiger partial charge is 0.406 e. The van der Waals surface area contributed by atoms with Gasteiger partial charge >= 0.3 is 6.36 Å². The van der Waals surface area contributed by atoms with Gasteiger partial charge in [-0.25, -0.2) is 0 Å². The summed E-state index contributed by atoms with van der Waals surface area (Å²) in [6.45, 7) is 5.24. The van der Waals surface area contributed by atoms with E-state index in [1.807, 2.05) is 13.8 Å². The van der Waals surface area contributed by atoms with Crippen LogP contribution in [-0.4, -0.2) is 32.6 Å². The molecular formula is C15H22F3N3O2. The first-order valence-corrected chi connectivity index (χ1v) is 7.03. The van der Waals surface area contributed by atoms with Gasteiger partial charge in [-0.3, -0.25) is 4.99 Å². The number of nitrogens with two attached hydrogens (primary N) is 1. The highest BCUT2D eigenvalue weighted by Gasteiger charge is 2.30. The maximum absolute atomic E-state index is 12.1. The molecule has 0 aliphatic heterocycles. The zero-order valence-corrected chi connectivity index (χ0v) is 13.4. The predicted octanol–water partition coefficient (Wildman–Crippen LogP) is 3.37. The largest absolute Gasteiger partial charge is 0.573 e. The molecule has 23 heavy (non-hydrogen) atoms. The molecule has 0 spiro atoms. The lowest BCUT2D eigenvalue weighted by Crippen LogP contribution is -2.26. The lowest BCUT2D eigenvalue weighted by atomic mass is 9.90. The van der Waals surface area contributed by atoms with Crippen LogP contribution in [0.15, 0.2) is 29.3 Å². The van der Waals surface area contributed by atoms with E-state index in [0.29, 0.717) is 18.8 Å². The van der Waals surface area contributed by atoms with Gasteiger partial charge in [0.25, 0.3) is 0 Å². The Morgan fingerprint density at radius 1 is 1.22 bits per heavy atom. The van der Waals surface area contributed by atoms with Crippen LogP contribution in [0.1, 0.15) is 20.3 Å². The van der Waals surface area contributed by atoms with E-state index in [9.17, 15) is 13.2 Å². The Labute approximate surface area is 133 Å². The standard InChI is InChI=1S/C15H22F3N3O2/c1-14(2,8-9-22-3)10-20-13(19)21-11-4-6-12(7-5-11)23-15(16,17)18/h4-7H,8-10H2,1-3H3,(H3,19,20,21). The van der Waals surface area contributed by atoms with Gasteiger partial charge in [0.15, 0.2) is 5.96 Å². The molecule has 1 aromatic rings. The number of guanidine groups is 1. The van der Waals surface area contributed by atoms with Crippen LogP contribution in [0.4, 0.5) is 18.9 Å². The van der Waals surface area contributed by atoms with Gasteiger partial charge in [-0.2, -0.15) is 0 Å². The number of nitrogens with one attached hydrogen (secondary N) is 1. The van der Waals surface area contributed by atoms with Gasteiger partial charge in [-0.1, -0.05) is 13.8 Å². The van der Waals surface area contributed by atoms with Crippen molar-refractivity contribution in [3.8, 4) is 5.75 Å². The molecule has 0 atom stereocenters. The van der Waals surface area contributed by atoms with Gasteiger partial charge in [0.2, 0.25) is 0 Å². The number of nitrogens with zero attached hydrogens (tertiary/aromatic N) is 1. The molecule has 0 aliphatic carbocycles. The molecule has 3 N–H and O–H groups in total. The summed E-state index contributed by atoms with van der Waals surface area (Å²) in [5, 5.41) is 2.82. The summed E-state index contributed by atoms with van der Waals surface area (Å²) >= 11 is 0. The summed E-state index contributed by atoms with van der Waals surface area (Å²) < 4.78 is 45.0. The van der Waals surface area contributed by atoms with Crippen molar-refractivity contribution < 1.29 is 22.6 Å². The minimum atomic E-state index is -4.71. The monoisotopic (exact) mass is 333 g/mol. The van der Waals surface area contributed by atoms with Gasteiger partial charge in [-0.05, 0) is 36.1 Å². The Morgan fingerprint density at radius 3 is 2.35 bits per heavy atom. The lowest BCUT2D eigenvalue weighted by Gasteiger charge is -2.22. The highest BCUT2D eigenvalue weighted by atomic mass is 19.4. The summed E-state index contributed by atoms with van der Waals surface area (Å²) in [5.41, 5.74) is 6.24.